The van der Waals surface area contributed by atoms with Crippen LogP contribution in [0.2, 0.25) is 0 Å². The highest BCUT2D eigenvalue weighted by Gasteiger charge is 2.12. The van der Waals surface area contributed by atoms with Crippen molar-refractivity contribution in [3.63, 3.8) is 0 Å². The van der Waals surface area contributed by atoms with Crippen LogP contribution in [-0.2, 0) is 4.79 Å². The second-order valence-corrected chi connectivity index (χ2v) is 4.83. The van der Waals surface area contributed by atoms with E-state index >= 15 is 0 Å². The highest BCUT2D eigenvalue weighted by Crippen LogP contribution is 2.16. The first-order valence-corrected chi connectivity index (χ1v) is 6.94. The van der Waals surface area contributed by atoms with Crippen LogP contribution in [0.3, 0.4) is 0 Å². The molecule has 0 spiro atoms. The van der Waals surface area contributed by atoms with Crippen molar-refractivity contribution >= 4 is 46.1 Å². The van der Waals surface area contributed by atoms with Crippen LogP contribution >= 0.6 is 22.6 Å². The molecule has 6 nitrogen and oxygen atoms in total. The SMILES string of the molecule is O=C(CCCI)Nc1cc(C(=O)O)cc(C(=O)O)c1. The van der Waals surface area contributed by atoms with Gasteiger partial charge in [-0.15, -0.1) is 0 Å². The Balaban J connectivity index is 2.96. The number of anilines is 1. The fourth-order valence-electron chi connectivity index (χ4n) is 1.40. The molecule has 0 saturated heterocycles. The Kier molecular flexibility index (Phi) is 5.74. The van der Waals surface area contributed by atoms with Crippen LogP contribution in [0, 0.1) is 0 Å². The lowest BCUT2D eigenvalue weighted by Gasteiger charge is -2.07. The summed E-state index contributed by atoms with van der Waals surface area (Å²) in [5, 5.41) is 20.3. The van der Waals surface area contributed by atoms with Crippen molar-refractivity contribution in [2.24, 2.45) is 0 Å². The highest BCUT2D eigenvalue weighted by atomic mass is 127. The number of halogens is 1. The van der Waals surface area contributed by atoms with Crippen molar-refractivity contribution in [1.82, 2.24) is 0 Å². The minimum Gasteiger partial charge on any atom is -0.478 e. The largest absolute Gasteiger partial charge is 0.478 e. The number of amides is 1. The number of carbonyl (C=O) groups excluding carboxylic acids is 1. The molecule has 0 fully saturated rings. The third-order valence-electron chi connectivity index (χ3n) is 2.25. The standard InChI is InChI=1S/C12H12INO5/c13-3-1-2-10(15)14-9-5-7(11(16)17)4-8(6-9)12(18)19/h4-6H,1-3H2,(H,14,15)(H,16,17)(H,18,19). The molecule has 0 radical (unpaired) electrons. The van der Waals surface area contributed by atoms with Gasteiger partial charge in [-0.05, 0) is 24.6 Å². The first-order chi connectivity index (χ1) is 8.93. The summed E-state index contributed by atoms with van der Waals surface area (Å²) in [4.78, 5) is 33.3. The van der Waals surface area contributed by atoms with E-state index in [-0.39, 0.29) is 22.7 Å². The number of aromatic carboxylic acids is 2. The number of hydrogen-bond donors (Lipinski definition) is 3. The number of nitrogens with one attached hydrogen (secondary N) is 1. The maximum absolute atomic E-state index is 11.5. The first-order valence-electron chi connectivity index (χ1n) is 5.41. The molecule has 0 unspecified atom stereocenters. The van der Waals surface area contributed by atoms with Gasteiger partial charge in [0, 0.05) is 16.5 Å². The summed E-state index contributed by atoms with van der Waals surface area (Å²) in [5.74, 6) is -2.76. The van der Waals surface area contributed by atoms with Crippen LogP contribution in [0.1, 0.15) is 33.6 Å². The average molecular weight is 377 g/mol. The van der Waals surface area contributed by atoms with Crippen molar-refractivity contribution < 1.29 is 24.6 Å². The van der Waals surface area contributed by atoms with E-state index in [1.807, 2.05) is 0 Å². The molecule has 0 saturated carbocycles. The maximum Gasteiger partial charge on any atom is 0.335 e. The molecule has 102 valence electrons. The molecule has 1 amide bonds. The Hall–Kier alpha value is -1.64. The Morgan fingerprint density at radius 1 is 1.05 bits per heavy atom. The molecule has 1 rings (SSSR count). The summed E-state index contributed by atoms with van der Waals surface area (Å²) < 4.78 is 0.834. The maximum atomic E-state index is 11.5. The van der Waals surface area contributed by atoms with Crippen molar-refractivity contribution in [3.05, 3.63) is 29.3 Å². The van der Waals surface area contributed by atoms with Crippen LogP contribution in [0.4, 0.5) is 5.69 Å². The van der Waals surface area contributed by atoms with E-state index in [0.29, 0.717) is 12.8 Å². The molecule has 0 aromatic heterocycles. The molecule has 1 aromatic rings. The predicted octanol–water partition coefficient (Wildman–Crippen LogP) is 2.24. The van der Waals surface area contributed by atoms with Crippen molar-refractivity contribution in [2.75, 3.05) is 9.74 Å². The Morgan fingerprint density at radius 2 is 1.58 bits per heavy atom. The van der Waals surface area contributed by atoms with Gasteiger partial charge in [0.2, 0.25) is 5.91 Å². The van der Waals surface area contributed by atoms with Gasteiger partial charge in [0.15, 0.2) is 0 Å². The quantitative estimate of drug-likeness (QED) is 0.521. The third-order valence-corrected chi connectivity index (χ3v) is 3.01. The summed E-state index contributed by atoms with van der Waals surface area (Å²) in [7, 11) is 0. The summed E-state index contributed by atoms with van der Waals surface area (Å²) in [6.45, 7) is 0. The van der Waals surface area contributed by atoms with E-state index in [4.69, 9.17) is 10.2 Å². The van der Waals surface area contributed by atoms with E-state index in [1.54, 1.807) is 0 Å². The Bertz CT molecular complexity index is 483. The summed E-state index contributed by atoms with van der Waals surface area (Å²) in [5.41, 5.74) is -0.177. The molecule has 3 N–H and O–H groups in total. The van der Waals surface area contributed by atoms with Gasteiger partial charge < -0.3 is 15.5 Å². The summed E-state index contributed by atoms with van der Waals surface area (Å²) in [6, 6.07) is 3.51. The Morgan fingerprint density at radius 3 is 2.00 bits per heavy atom. The zero-order valence-corrected chi connectivity index (χ0v) is 12.0. The number of alkyl halides is 1. The second kappa shape index (κ2) is 7.07. The number of carboxylic acids is 2. The number of carboxylic acid groups (broad SMARTS) is 2. The molecule has 0 heterocycles. The molecule has 0 bridgehead atoms. The van der Waals surface area contributed by atoms with Gasteiger partial charge in [-0.3, -0.25) is 4.79 Å². The lowest BCUT2D eigenvalue weighted by molar-refractivity contribution is -0.116. The fourth-order valence-corrected chi connectivity index (χ4v) is 1.78. The number of rotatable bonds is 6. The van der Waals surface area contributed by atoms with E-state index in [1.165, 1.54) is 12.1 Å². The lowest BCUT2D eigenvalue weighted by atomic mass is 10.1. The van der Waals surface area contributed by atoms with Gasteiger partial charge in [0.25, 0.3) is 0 Å². The third kappa shape index (κ3) is 4.86. The van der Waals surface area contributed by atoms with E-state index in [2.05, 4.69) is 27.9 Å². The van der Waals surface area contributed by atoms with Crippen molar-refractivity contribution in [2.45, 2.75) is 12.8 Å². The van der Waals surface area contributed by atoms with E-state index in [0.717, 1.165) is 10.5 Å². The fraction of sp³-hybridized carbons (Fsp3) is 0.250. The molecule has 0 atom stereocenters. The van der Waals surface area contributed by atoms with Gasteiger partial charge >= 0.3 is 11.9 Å². The van der Waals surface area contributed by atoms with E-state index < -0.39 is 11.9 Å². The molecule has 0 aliphatic carbocycles. The van der Waals surface area contributed by atoms with Crippen LogP contribution in [0.5, 0.6) is 0 Å². The van der Waals surface area contributed by atoms with Crippen molar-refractivity contribution in [3.8, 4) is 0 Å². The summed E-state index contributed by atoms with van der Waals surface area (Å²) >= 11 is 2.14. The highest BCUT2D eigenvalue weighted by molar-refractivity contribution is 14.1. The molecule has 0 aliphatic rings. The molecule has 0 aliphatic heterocycles. The summed E-state index contributed by atoms with van der Waals surface area (Å²) in [6.07, 6.45) is 1.01. The molecular formula is C12H12INO5. The van der Waals surface area contributed by atoms with Crippen LogP contribution in [0.25, 0.3) is 0 Å². The number of carbonyl (C=O) groups is 3. The predicted molar refractivity (Wildman–Crippen MR) is 77.1 cm³/mol. The minimum absolute atomic E-state index is 0.177. The Labute approximate surface area is 123 Å². The zero-order chi connectivity index (χ0) is 14.4. The van der Waals surface area contributed by atoms with Gasteiger partial charge in [0.05, 0.1) is 11.1 Å². The zero-order valence-electron chi connectivity index (χ0n) is 9.85. The first kappa shape index (κ1) is 15.4. The normalized spacial score (nSPS) is 9.95. The smallest absolute Gasteiger partial charge is 0.335 e. The van der Waals surface area contributed by atoms with E-state index in [9.17, 15) is 14.4 Å². The molecular weight excluding hydrogens is 365 g/mol. The monoisotopic (exact) mass is 377 g/mol. The average Bonchev–Trinajstić information content (AvgIpc) is 2.35. The minimum atomic E-state index is -1.24. The number of hydrogen-bond acceptors (Lipinski definition) is 3. The topological polar surface area (TPSA) is 104 Å². The second-order valence-electron chi connectivity index (χ2n) is 3.75. The van der Waals surface area contributed by atoms with Gasteiger partial charge in [-0.1, -0.05) is 22.6 Å². The number of benzene rings is 1. The van der Waals surface area contributed by atoms with Crippen molar-refractivity contribution in [1.29, 1.82) is 0 Å². The van der Waals surface area contributed by atoms with Gasteiger partial charge in [-0.25, -0.2) is 9.59 Å². The van der Waals surface area contributed by atoms with Crippen LogP contribution in [-0.4, -0.2) is 32.5 Å². The molecule has 1 aromatic carbocycles. The van der Waals surface area contributed by atoms with Crippen LogP contribution in [0.15, 0.2) is 18.2 Å². The van der Waals surface area contributed by atoms with Gasteiger partial charge in [0.1, 0.15) is 0 Å². The van der Waals surface area contributed by atoms with Crippen LogP contribution < -0.4 is 5.32 Å². The molecule has 19 heavy (non-hydrogen) atoms. The lowest BCUT2D eigenvalue weighted by Crippen LogP contribution is -2.13. The van der Waals surface area contributed by atoms with Gasteiger partial charge in [-0.2, -0.15) is 0 Å². The molecule has 7 heteroatoms.